The van der Waals surface area contributed by atoms with Crippen LogP contribution in [0.5, 0.6) is 0 Å². The number of Topliss-reactive ketones (excluding diaryl/α,β-unsaturated/α-hetero) is 1. The van der Waals surface area contributed by atoms with Gasteiger partial charge in [-0.3, -0.25) is 4.79 Å². The predicted molar refractivity (Wildman–Crippen MR) is 94.8 cm³/mol. The van der Waals surface area contributed by atoms with Crippen molar-refractivity contribution < 1.29 is 9.21 Å². The molecule has 118 valence electrons. The molecule has 1 aliphatic carbocycles. The molecule has 0 amide bonds. The average molecular weight is 315 g/mol. The zero-order chi connectivity index (χ0) is 16.1. The van der Waals surface area contributed by atoms with Crippen LogP contribution in [0, 0.1) is 0 Å². The molecule has 1 aromatic heterocycles. The minimum absolute atomic E-state index is 0.0482. The van der Waals surface area contributed by atoms with Crippen LogP contribution >= 0.6 is 0 Å². The number of furan rings is 1. The van der Waals surface area contributed by atoms with Crippen molar-refractivity contribution in [3.63, 3.8) is 0 Å². The molecule has 3 aromatic rings. The number of benzene rings is 2. The Labute approximate surface area is 140 Å². The first-order chi connectivity index (χ1) is 11.8. The van der Waals surface area contributed by atoms with Crippen LogP contribution in [-0.4, -0.2) is 5.78 Å². The molecule has 2 aliphatic rings. The van der Waals surface area contributed by atoms with E-state index >= 15 is 0 Å². The van der Waals surface area contributed by atoms with Gasteiger partial charge in [-0.2, -0.15) is 0 Å². The molecule has 5 rings (SSSR count). The number of carbonyl (C=O) groups is 1. The van der Waals surface area contributed by atoms with E-state index in [2.05, 4.69) is 29.6 Å². The Morgan fingerprint density at radius 1 is 1.00 bits per heavy atom. The van der Waals surface area contributed by atoms with Gasteiger partial charge in [-0.25, -0.2) is 0 Å². The number of fused-ring (bicyclic) bond motifs is 4. The monoisotopic (exact) mass is 315 g/mol. The number of allylic oxidation sites excluding steroid dienone is 1. The number of nitrogens with one attached hydrogen (secondary N) is 1. The molecule has 1 aliphatic heterocycles. The van der Waals surface area contributed by atoms with Gasteiger partial charge in [-0.1, -0.05) is 30.3 Å². The summed E-state index contributed by atoms with van der Waals surface area (Å²) in [4.78, 5) is 12.8. The largest absolute Gasteiger partial charge is 0.467 e. The van der Waals surface area contributed by atoms with E-state index < -0.39 is 0 Å². The van der Waals surface area contributed by atoms with Gasteiger partial charge in [-0.05, 0) is 47.4 Å². The first-order valence-corrected chi connectivity index (χ1v) is 8.41. The highest BCUT2D eigenvalue weighted by atomic mass is 16.3. The third-order valence-electron chi connectivity index (χ3n) is 5.10. The smallest absolute Gasteiger partial charge is 0.163 e. The Morgan fingerprint density at radius 2 is 1.92 bits per heavy atom. The van der Waals surface area contributed by atoms with Crippen LogP contribution in [-0.2, 0) is 4.79 Å². The zero-order valence-corrected chi connectivity index (χ0v) is 13.2. The lowest BCUT2D eigenvalue weighted by atomic mass is 9.78. The van der Waals surface area contributed by atoms with Crippen molar-refractivity contribution in [2.45, 2.75) is 25.3 Å². The number of anilines is 1. The zero-order valence-electron chi connectivity index (χ0n) is 13.2. The molecule has 0 radical (unpaired) electrons. The van der Waals surface area contributed by atoms with E-state index in [9.17, 15) is 4.79 Å². The summed E-state index contributed by atoms with van der Waals surface area (Å²) in [6.07, 6.45) is 4.17. The highest BCUT2D eigenvalue weighted by Gasteiger charge is 2.35. The Balaban J connectivity index is 1.83. The van der Waals surface area contributed by atoms with E-state index in [0.29, 0.717) is 6.42 Å². The second-order valence-electron chi connectivity index (χ2n) is 6.48. The number of carbonyl (C=O) groups excluding carboxylic acids is 1. The summed E-state index contributed by atoms with van der Waals surface area (Å²) < 4.78 is 5.65. The van der Waals surface area contributed by atoms with Crippen LogP contribution in [0.25, 0.3) is 16.3 Å². The molecule has 1 atom stereocenters. The quantitative estimate of drug-likeness (QED) is 0.679. The summed E-state index contributed by atoms with van der Waals surface area (Å²) >= 11 is 0. The van der Waals surface area contributed by atoms with Gasteiger partial charge in [0.05, 0.1) is 6.26 Å². The van der Waals surface area contributed by atoms with Crippen molar-refractivity contribution in [1.82, 2.24) is 0 Å². The fourth-order valence-corrected chi connectivity index (χ4v) is 4.06. The Bertz CT molecular complexity index is 982. The van der Waals surface area contributed by atoms with Gasteiger partial charge in [0.25, 0.3) is 0 Å². The third-order valence-corrected chi connectivity index (χ3v) is 5.10. The van der Waals surface area contributed by atoms with Crippen LogP contribution in [0.2, 0.25) is 0 Å². The van der Waals surface area contributed by atoms with E-state index in [1.54, 1.807) is 6.26 Å². The fraction of sp³-hybridized carbons (Fsp3) is 0.190. The molecule has 3 nitrogen and oxygen atoms in total. The van der Waals surface area contributed by atoms with Crippen LogP contribution < -0.4 is 5.32 Å². The minimum Gasteiger partial charge on any atom is -0.467 e. The van der Waals surface area contributed by atoms with Gasteiger partial charge < -0.3 is 9.73 Å². The molecule has 24 heavy (non-hydrogen) atoms. The molecule has 0 saturated heterocycles. The van der Waals surface area contributed by atoms with Crippen molar-refractivity contribution in [3.05, 3.63) is 71.7 Å². The minimum atomic E-state index is -0.0482. The Hall–Kier alpha value is -2.81. The van der Waals surface area contributed by atoms with E-state index in [-0.39, 0.29) is 11.8 Å². The normalized spacial score (nSPS) is 19.8. The molecule has 0 saturated carbocycles. The highest BCUT2D eigenvalue weighted by Crippen LogP contribution is 2.47. The van der Waals surface area contributed by atoms with Gasteiger partial charge in [0, 0.05) is 23.2 Å². The number of hydrogen-bond donors (Lipinski definition) is 1. The molecule has 1 N–H and O–H groups in total. The molecule has 0 fully saturated rings. The van der Waals surface area contributed by atoms with E-state index in [1.807, 2.05) is 24.3 Å². The van der Waals surface area contributed by atoms with E-state index in [1.165, 1.54) is 11.0 Å². The second kappa shape index (κ2) is 5.10. The standard InChI is InChI=1S/C21H17NO2/c23-17-8-3-7-15-20(17)19-14-6-2-1-5-13(14)10-11-16(19)22-21(15)18-9-4-12-24-18/h1-2,4-6,9-12,21-22H,3,7-8H2. The van der Waals surface area contributed by atoms with Gasteiger partial charge in [-0.15, -0.1) is 0 Å². The van der Waals surface area contributed by atoms with Gasteiger partial charge >= 0.3 is 0 Å². The predicted octanol–water partition coefficient (Wildman–Crippen LogP) is 5.11. The van der Waals surface area contributed by atoms with Crippen LogP contribution in [0.4, 0.5) is 5.69 Å². The van der Waals surface area contributed by atoms with Gasteiger partial charge in [0.2, 0.25) is 0 Å². The van der Waals surface area contributed by atoms with Crippen molar-refractivity contribution in [1.29, 1.82) is 0 Å². The summed E-state index contributed by atoms with van der Waals surface area (Å²) in [5, 5.41) is 5.92. The molecule has 0 bridgehead atoms. The molecule has 2 aromatic carbocycles. The van der Waals surface area contributed by atoms with E-state index in [0.717, 1.165) is 40.8 Å². The fourth-order valence-electron chi connectivity index (χ4n) is 4.06. The van der Waals surface area contributed by atoms with Crippen molar-refractivity contribution in [2.24, 2.45) is 0 Å². The summed E-state index contributed by atoms with van der Waals surface area (Å²) in [6.45, 7) is 0. The SMILES string of the molecule is O=C1CCCC2=C1c1c(ccc3ccccc13)NC2c1ccco1. The summed E-state index contributed by atoms with van der Waals surface area (Å²) in [5.74, 6) is 1.13. The van der Waals surface area contributed by atoms with E-state index in [4.69, 9.17) is 4.42 Å². The van der Waals surface area contributed by atoms with Gasteiger partial charge in [0.1, 0.15) is 11.8 Å². The molecular formula is C21H17NO2. The summed E-state index contributed by atoms with van der Waals surface area (Å²) in [7, 11) is 0. The maximum Gasteiger partial charge on any atom is 0.163 e. The highest BCUT2D eigenvalue weighted by molar-refractivity contribution is 6.27. The number of hydrogen-bond acceptors (Lipinski definition) is 3. The van der Waals surface area contributed by atoms with Crippen molar-refractivity contribution >= 4 is 27.8 Å². The second-order valence-corrected chi connectivity index (χ2v) is 6.48. The summed E-state index contributed by atoms with van der Waals surface area (Å²) in [5.41, 5.74) is 4.16. The summed E-state index contributed by atoms with van der Waals surface area (Å²) in [6, 6.07) is 16.3. The van der Waals surface area contributed by atoms with Crippen LogP contribution in [0.3, 0.4) is 0 Å². The van der Waals surface area contributed by atoms with Crippen LogP contribution in [0.1, 0.15) is 36.6 Å². The first kappa shape index (κ1) is 13.6. The third kappa shape index (κ3) is 1.88. The van der Waals surface area contributed by atoms with Crippen LogP contribution in [0.15, 0.2) is 64.8 Å². The van der Waals surface area contributed by atoms with Crippen molar-refractivity contribution in [2.75, 3.05) is 5.32 Å². The Morgan fingerprint density at radius 3 is 2.79 bits per heavy atom. The number of rotatable bonds is 1. The van der Waals surface area contributed by atoms with Gasteiger partial charge in [0.15, 0.2) is 5.78 Å². The molecule has 2 heterocycles. The molecular weight excluding hydrogens is 298 g/mol. The lowest BCUT2D eigenvalue weighted by molar-refractivity contribution is -0.114. The Kier molecular flexibility index (Phi) is 2.89. The maximum absolute atomic E-state index is 12.8. The number of ketones is 1. The molecule has 1 unspecified atom stereocenters. The lowest BCUT2D eigenvalue weighted by Crippen LogP contribution is -2.25. The van der Waals surface area contributed by atoms with Crippen molar-refractivity contribution in [3.8, 4) is 0 Å². The maximum atomic E-state index is 12.8. The first-order valence-electron chi connectivity index (χ1n) is 8.41. The molecule has 0 spiro atoms. The lowest BCUT2D eigenvalue weighted by Gasteiger charge is -2.34. The topological polar surface area (TPSA) is 42.2 Å². The average Bonchev–Trinajstić information content (AvgIpc) is 3.15. The molecule has 3 heteroatoms.